The highest BCUT2D eigenvalue weighted by Crippen LogP contribution is 2.25. The third kappa shape index (κ3) is 5.64. The van der Waals surface area contributed by atoms with Crippen LogP contribution in [0.4, 0.5) is 14.5 Å². The molecule has 0 radical (unpaired) electrons. The Morgan fingerprint density at radius 2 is 1.47 bits per heavy atom. The number of amides is 1. The van der Waals surface area contributed by atoms with Gasteiger partial charge in [0, 0.05) is 5.69 Å². The van der Waals surface area contributed by atoms with Gasteiger partial charge in [-0.1, -0.05) is 60.7 Å². The van der Waals surface area contributed by atoms with E-state index < -0.39 is 6.61 Å². The van der Waals surface area contributed by atoms with E-state index in [0.29, 0.717) is 0 Å². The van der Waals surface area contributed by atoms with Crippen molar-refractivity contribution in [3.63, 3.8) is 0 Å². The normalized spacial score (nSPS) is 11.9. The average Bonchev–Trinajstić information content (AvgIpc) is 2.72. The molecule has 30 heavy (non-hydrogen) atoms. The second kappa shape index (κ2) is 9.98. The minimum absolute atomic E-state index is 0.0859. The first-order valence-electron chi connectivity index (χ1n) is 9.63. The van der Waals surface area contributed by atoms with Crippen LogP contribution in [-0.2, 0) is 4.79 Å². The zero-order chi connectivity index (χ0) is 21.5. The minimum Gasteiger partial charge on any atom is -0.435 e. The van der Waals surface area contributed by atoms with Crippen molar-refractivity contribution in [1.29, 1.82) is 0 Å². The smallest absolute Gasteiger partial charge is 0.387 e. The molecule has 6 heteroatoms. The molecule has 0 fully saturated rings. The molecule has 4 nitrogen and oxygen atoms in total. The predicted molar refractivity (Wildman–Crippen MR) is 114 cm³/mol. The molecule has 1 amide bonds. The van der Waals surface area contributed by atoms with E-state index in [1.54, 1.807) is 12.1 Å². The van der Waals surface area contributed by atoms with Crippen molar-refractivity contribution in [3.8, 4) is 5.75 Å². The molecule has 2 N–H and O–H groups in total. The Balaban J connectivity index is 1.74. The topological polar surface area (TPSA) is 50.4 Å². The largest absolute Gasteiger partial charge is 0.435 e. The molecule has 3 rings (SSSR count). The summed E-state index contributed by atoms with van der Waals surface area (Å²) in [5, 5.41) is 6.23. The number of hydrogen-bond donors (Lipinski definition) is 2. The summed E-state index contributed by atoms with van der Waals surface area (Å²) in [6, 6.07) is 21.6. The zero-order valence-corrected chi connectivity index (χ0v) is 16.9. The van der Waals surface area contributed by atoms with Gasteiger partial charge in [-0.3, -0.25) is 10.1 Å². The Labute approximate surface area is 174 Å². The van der Waals surface area contributed by atoms with Crippen LogP contribution in [0, 0.1) is 13.8 Å². The first kappa shape index (κ1) is 21.5. The average molecular weight is 410 g/mol. The molecule has 0 spiro atoms. The number of nitrogens with one attached hydrogen (secondary N) is 2. The summed E-state index contributed by atoms with van der Waals surface area (Å²) in [6.45, 7) is 1.12. The van der Waals surface area contributed by atoms with E-state index in [0.717, 1.165) is 27.9 Å². The second-order valence-electron chi connectivity index (χ2n) is 6.99. The number of halogens is 2. The number of hydrogen-bond acceptors (Lipinski definition) is 3. The van der Waals surface area contributed by atoms with Gasteiger partial charge >= 0.3 is 6.61 Å². The van der Waals surface area contributed by atoms with Gasteiger partial charge in [0.2, 0.25) is 5.91 Å². The van der Waals surface area contributed by atoms with Gasteiger partial charge in [0.15, 0.2) is 0 Å². The summed E-state index contributed by atoms with van der Waals surface area (Å²) in [5.74, 6) is -0.0701. The van der Waals surface area contributed by atoms with Crippen LogP contribution >= 0.6 is 0 Å². The summed E-state index contributed by atoms with van der Waals surface area (Å²) >= 11 is 0. The third-order valence-electron chi connectivity index (χ3n) is 4.78. The SMILES string of the molecule is Cc1cccc(C)c1NC(=O)CN[C@@H](c1ccccc1)c1ccc(OC(F)F)cc1. The summed E-state index contributed by atoms with van der Waals surface area (Å²) in [7, 11) is 0. The van der Waals surface area contributed by atoms with Gasteiger partial charge < -0.3 is 10.1 Å². The van der Waals surface area contributed by atoms with Crippen LogP contribution in [-0.4, -0.2) is 19.1 Å². The number of aryl methyl sites for hydroxylation is 2. The highest BCUT2D eigenvalue weighted by molar-refractivity contribution is 5.93. The Morgan fingerprint density at radius 1 is 0.867 bits per heavy atom. The number of ether oxygens (including phenoxy) is 1. The first-order valence-corrected chi connectivity index (χ1v) is 9.63. The summed E-state index contributed by atoms with van der Waals surface area (Å²) < 4.78 is 29.2. The molecule has 0 saturated carbocycles. The molecular weight excluding hydrogens is 386 g/mol. The molecule has 0 bridgehead atoms. The van der Waals surface area contributed by atoms with Gasteiger partial charge in [-0.15, -0.1) is 0 Å². The molecule has 156 valence electrons. The molecule has 0 heterocycles. The fourth-order valence-electron chi connectivity index (χ4n) is 3.31. The van der Waals surface area contributed by atoms with Crippen LogP contribution in [0.1, 0.15) is 28.3 Å². The number of benzene rings is 3. The standard InChI is InChI=1S/C24H24F2N2O2/c1-16-7-6-8-17(2)22(16)28-21(29)15-27-23(18-9-4-3-5-10-18)19-11-13-20(14-12-19)30-24(25)26/h3-14,23-24,27H,15H2,1-2H3,(H,28,29)/t23-/m0/s1. The lowest BCUT2D eigenvalue weighted by atomic mass is 9.98. The lowest BCUT2D eigenvalue weighted by molar-refractivity contribution is -0.115. The monoisotopic (exact) mass is 410 g/mol. The number of rotatable bonds is 8. The molecule has 0 unspecified atom stereocenters. The maximum Gasteiger partial charge on any atom is 0.387 e. The quantitative estimate of drug-likeness (QED) is 0.535. The van der Waals surface area contributed by atoms with Crippen LogP contribution in [0.5, 0.6) is 5.75 Å². The first-order chi connectivity index (χ1) is 14.4. The van der Waals surface area contributed by atoms with Crippen molar-refractivity contribution < 1.29 is 18.3 Å². The summed E-state index contributed by atoms with van der Waals surface area (Å²) in [5.41, 5.74) is 4.60. The predicted octanol–water partition coefficient (Wildman–Crippen LogP) is 5.22. The van der Waals surface area contributed by atoms with Crippen LogP contribution in [0.15, 0.2) is 72.8 Å². The molecule has 0 aromatic heterocycles. The van der Waals surface area contributed by atoms with Gasteiger partial charge in [0.05, 0.1) is 12.6 Å². The molecule has 3 aromatic carbocycles. The van der Waals surface area contributed by atoms with Gasteiger partial charge in [0.25, 0.3) is 0 Å². The molecule has 0 aliphatic carbocycles. The number of carbonyl (C=O) groups is 1. The van der Waals surface area contributed by atoms with Gasteiger partial charge in [0.1, 0.15) is 5.75 Å². The molecule has 0 saturated heterocycles. The van der Waals surface area contributed by atoms with Crippen molar-refractivity contribution in [1.82, 2.24) is 5.32 Å². The van der Waals surface area contributed by atoms with Crippen LogP contribution in [0.25, 0.3) is 0 Å². The highest BCUT2D eigenvalue weighted by Gasteiger charge is 2.16. The molecule has 3 aromatic rings. The van der Waals surface area contributed by atoms with Gasteiger partial charge in [-0.25, -0.2) is 0 Å². The maximum atomic E-state index is 12.6. The lowest BCUT2D eigenvalue weighted by Gasteiger charge is -2.20. The van der Waals surface area contributed by atoms with Gasteiger partial charge in [-0.2, -0.15) is 8.78 Å². The second-order valence-corrected chi connectivity index (χ2v) is 6.99. The van der Waals surface area contributed by atoms with E-state index >= 15 is 0 Å². The van der Waals surface area contributed by atoms with Crippen LogP contribution < -0.4 is 15.4 Å². The number of para-hydroxylation sites is 1. The van der Waals surface area contributed by atoms with E-state index in [4.69, 9.17) is 0 Å². The zero-order valence-electron chi connectivity index (χ0n) is 16.9. The molecule has 1 atom stereocenters. The molecule has 0 aliphatic heterocycles. The summed E-state index contributed by atoms with van der Waals surface area (Å²) in [4.78, 5) is 12.6. The number of carbonyl (C=O) groups excluding carboxylic acids is 1. The van der Waals surface area contributed by atoms with E-state index in [2.05, 4.69) is 15.4 Å². The van der Waals surface area contributed by atoms with Crippen molar-refractivity contribution >= 4 is 11.6 Å². The van der Waals surface area contributed by atoms with Gasteiger partial charge in [-0.05, 0) is 48.2 Å². The van der Waals surface area contributed by atoms with Crippen molar-refractivity contribution in [3.05, 3.63) is 95.1 Å². The Bertz CT molecular complexity index is 956. The Hall–Kier alpha value is -3.25. The fraction of sp³-hybridized carbons (Fsp3) is 0.208. The Kier molecular flexibility index (Phi) is 7.14. The van der Waals surface area contributed by atoms with Crippen molar-refractivity contribution in [2.24, 2.45) is 0 Å². The third-order valence-corrected chi connectivity index (χ3v) is 4.78. The number of anilines is 1. The maximum absolute atomic E-state index is 12.6. The summed E-state index contributed by atoms with van der Waals surface area (Å²) in [6.07, 6.45) is 0. The van der Waals surface area contributed by atoms with E-state index in [1.165, 1.54) is 12.1 Å². The molecule has 0 aliphatic rings. The van der Waals surface area contributed by atoms with Crippen molar-refractivity contribution in [2.75, 3.05) is 11.9 Å². The van der Waals surface area contributed by atoms with E-state index in [1.807, 2.05) is 62.4 Å². The molecular formula is C24H24F2N2O2. The Morgan fingerprint density at radius 3 is 2.07 bits per heavy atom. The van der Waals surface area contributed by atoms with E-state index in [-0.39, 0.29) is 24.2 Å². The number of alkyl halides is 2. The van der Waals surface area contributed by atoms with Crippen LogP contribution in [0.3, 0.4) is 0 Å². The minimum atomic E-state index is -2.87. The fourth-order valence-corrected chi connectivity index (χ4v) is 3.31. The van der Waals surface area contributed by atoms with Crippen LogP contribution in [0.2, 0.25) is 0 Å². The lowest BCUT2D eigenvalue weighted by Crippen LogP contribution is -2.32. The van der Waals surface area contributed by atoms with Crippen molar-refractivity contribution in [2.45, 2.75) is 26.5 Å². The highest BCUT2D eigenvalue weighted by atomic mass is 19.3. The van der Waals surface area contributed by atoms with E-state index in [9.17, 15) is 13.6 Å².